The minimum atomic E-state index is -1.11. The second kappa shape index (κ2) is 12.5. The molecule has 2 unspecified atom stereocenters. The van der Waals surface area contributed by atoms with Crippen molar-refractivity contribution in [1.29, 1.82) is 0 Å². The van der Waals surface area contributed by atoms with Gasteiger partial charge in [0.1, 0.15) is 23.7 Å². The van der Waals surface area contributed by atoms with Gasteiger partial charge < -0.3 is 20.1 Å². The third-order valence-corrected chi connectivity index (χ3v) is 6.69. The van der Waals surface area contributed by atoms with E-state index in [1.807, 2.05) is 44.4 Å². The first kappa shape index (κ1) is 29.5. The third kappa shape index (κ3) is 7.62. The molecule has 0 saturated carbocycles. The number of ether oxygens (including phenoxy) is 1. The lowest BCUT2D eigenvalue weighted by Crippen LogP contribution is -2.60. The molecule has 9 nitrogen and oxygen atoms in total. The van der Waals surface area contributed by atoms with Crippen LogP contribution in [0.25, 0.3) is 0 Å². The minimum Gasteiger partial charge on any atom is -0.480 e. The summed E-state index contributed by atoms with van der Waals surface area (Å²) in [5.74, 6) is -1.71. The van der Waals surface area contributed by atoms with Crippen molar-refractivity contribution in [2.45, 2.75) is 77.7 Å². The first-order chi connectivity index (χ1) is 16.8. The molecule has 0 aromatic heterocycles. The first-order valence-electron chi connectivity index (χ1n) is 12.1. The van der Waals surface area contributed by atoms with Crippen LogP contribution in [0, 0.1) is 5.92 Å². The lowest BCUT2D eigenvalue weighted by molar-refractivity contribution is -0.148. The average molecular weight is 522 g/mol. The zero-order chi connectivity index (χ0) is 27.2. The Labute approximate surface area is 217 Å². The molecule has 0 fully saturated rings. The van der Waals surface area contributed by atoms with Crippen LogP contribution >= 0.6 is 11.8 Å². The fraction of sp³-hybridized carbons (Fsp3) is 0.615. The highest BCUT2D eigenvalue weighted by Gasteiger charge is 2.42. The van der Waals surface area contributed by atoms with Gasteiger partial charge in [-0.2, -0.15) is 11.8 Å². The third-order valence-electron chi connectivity index (χ3n) is 6.04. The highest BCUT2D eigenvalue weighted by atomic mass is 32.2. The monoisotopic (exact) mass is 521 g/mol. The van der Waals surface area contributed by atoms with Crippen LogP contribution in [0.4, 0.5) is 4.79 Å². The number of likely N-dealkylation sites (N-methyl/N-ethyl adjacent to an activating group) is 1. The van der Waals surface area contributed by atoms with Crippen LogP contribution in [0.1, 0.15) is 52.2 Å². The van der Waals surface area contributed by atoms with E-state index in [1.165, 1.54) is 28.6 Å². The molecule has 0 aliphatic carbocycles. The SMILES string of the molecule is CSCCC(NC(=O)C1Cc2ccccc2CN1C(=O)[C@H](C(C)C)N(C)C(=O)OC(C)(C)C)C(=O)O. The first-order valence-corrected chi connectivity index (χ1v) is 13.5. The van der Waals surface area contributed by atoms with E-state index in [2.05, 4.69) is 5.32 Å². The zero-order valence-corrected chi connectivity index (χ0v) is 23.1. The average Bonchev–Trinajstić information content (AvgIpc) is 2.79. The van der Waals surface area contributed by atoms with Gasteiger partial charge in [0.25, 0.3) is 0 Å². The van der Waals surface area contributed by atoms with Gasteiger partial charge in [-0.05, 0) is 56.2 Å². The number of carbonyl (C=O) groups excluding carboxylic acids is 3. The molecule has 0 radical (unpaired) electrons. The van der Waals surface area contributed by atoms with Gasteiger partial charge in [-0.3, -0.25) is 14.5 Å². The van der Waals surface area contributed by atoms with Crippen LogP contribution in [0.15, 0.2) is 24.3 Å². The second-order valence-electron chi connectivity index (χ2n) is 10.4. The maximum atomic E-state index is 13.9. The van der Waals surface area contributed by atoms with E-state index in [1.54, 1.807) is 20.8 Å². The topological polar surface area (TPSA) is 116 Å². The fourth-order valence-corrected chi connectivity index (χ4v) is 4.74. The molecule has 3 atom stereocenters. The molecule has 3 amide bonds. The number of rotatable bonds is 9. The molecule has 0 bridgehead atoms. The minimum absolute atomic E-state index is 0.182. The Morgan fingerprint density at radius 1 is 1.19 bits per heavy atom. The molecule has 1 aromatic rings. The summed E-state index contributed by atoms with van der Waals surface area (Å²) in [5, 5.41) is 12.2. The summed E-state index contributed by atoms with van der Waals surface area (Å²) in [7, 11) is 1.52. The van der Waals surface area contributed by atoms with Crippen molar-refractivity contribution in [3.8, 4) is 0 Å². The van der Waals surface area contributed by atoms with E-state index >= 15 is 0 Å². The zero-order valence-electron chi connectivity index (χ0n) is 22.2. The molecule has 1 aliphatic heterocycles. The van der Waals surface area contributed by atoms with Crippen molar-refractivity contribution in [1.82, 2.24) is 15.1 Å². The number of thioether (sulfide) groups is 1. The molecular formula is C26H39N3O6S. The predicted molar refractivity (Wildman–Crippen MR) is 140 cm³/mol. The molecule has 10 heteroatoms. The summed E-state index contributed by atoms with van der Waals surface area (Å²) < 4.78 is 5.48. The van der Waals surface area contributed by atoms with Crippen molar-refractivity contribution in [3.05, 3.63) is 35.4 Å². The summed E-state index contributed by atoms with van der Waals surface area (Å²) >= 11 is 1.49. The summed E-state index contributed by atoms with van der Waals surface area (Å²) in [5.41, 5.74) is 1.11. The van der Waals surface area contributed by atoms with Crippen molar-refractivity contribution in [3.63, 3.8) is 0 Å². The van der Waals surface area contributed by atoms with Gasteiger partial charge in [0, 0.05) is 20.0 Å². The maximum absolute atomic E-state index is 13.9. The highest BCUT2D eigenvalue weighted by molar-refractivity contribution is 7.98. The van der Waals surface area contributed by atoms with Gasteiger partial charge in [-0.15, -0.1) is 0 Å². The Morgan fingerprint density at radius 3 is 2.33 bits per heavy atom. The van der Waals surface area contributed by atoms with Crippen LogP contribution < -0.4 is 5.32 Å². The van der Waals surface area contributed by atoms with Crippen LogP contribution in [-0.2, 0) is 32.1 Å². The van der Waals surface area contributed by atoms with Gasteiger partial charge in [0.15, 0.2) is 0 Å². The van der Waals surface area contributed by atoms with Crippen LogP contribution in [0.3, 0.4) is 0 Å². The Bertz CT molecular complexity index is 961. The van der Waals surface area contributed by atoms with E-state index in [0.717, 1.165) is 11.1 Å². The number of carboxylic acid groups (broad SMARTS) is 1. The van der Waals surface area contributed by atoms with Crippen molar-refractivity contribution in [2.75, 3.05) is 19.1 Å². The molecule has 1 aliphatic rings. The van der Waals surface area contributed by atoms with E-state index < -0.39 is 41.7 Å². The largest absolute Gasteiger partial charge is 0.480 e. The van der Waals surface area contributed by atoms with Crippen molar-refractivity contribution in [2.24, 2.45) is 5.92 Å². The molecule has 0 spiro atoms. The fourth-order valence-electron chi connectivity index (χ4n) is 4.27. The summed E-state index contributed by atoms with van der Waals surface area (Å²) in [4.78, 5) is 54.7. The smallest absolute Gasteiger partial charge is 0.410 e. The predicted octanol–water partition coefficient (Wildman–Crippen LogP) is 3.15. The number of fused-ring (bicyclic) bond motifs is 1. The van der Waals surface area contributed by atoms with Gasteiger partial charge in [-0.25, -0.2) is 9.59 Å². The number of amides is 3. The van der Waals surface area contributed by atoms with Gasteiger partial charge >= 0.3 is 12.1 Å². The maximum Gasteiger partial charge on any atom is 0.410 e. The summed E-state index contributed by atoms with van der Waals surface area (Å²) in [6.45, 7) is 9.11. The lowest BCUT2D eigenvalue weighted by Gasteiger charge is -2.41. The van der Waals surface area contributed by atoms with Gasteiger partial charge in [-0.1, -0.05) is 38.1 Å². The van der Waals surface area contributed by atoms with E-state index in [4.69, 9.17) is 4.74 Å². The van der Waals surface area contributed by atoms with E-state index in [-0.39, 0.29) is 31.2 Å². The van der Waals surface area contributed by atoms with Gasteiger partial charge in [0.2, 0.25) is 11.8 Å². The Kier molecular flexibility index (Phi) is 10.2. The summed E-state index contributed by atoms with van der Waals surface area (Å²) in [6, 6.07) is 4.74. The normalized spacial score (nSPS) is 17.1. The molecular weight excluding hydrogens is 482 g/mol. The summed E-state index contributed by atoms with van der Waals surface area (Å²) in [6.07, 6.45) is 1.77. The Hall–Kier alpha value is -2.75. The van der Waals surface area contributed by atoms with E-state index in [9.17, 15) is 24.3 Å². The van der Waals surface area contributed by atoms with Crippen molar-refractivity contribution >= 4 is 35.6 Å². The van der Waals surface area contributed by atoms with E-state index in [0.29, 0.717) is 5.75 Å². The molecule has 36 heavy (non-hydrogen) atoms. The number of hydrogen-bond acceptors (Lipinski definition) is 6. The molecule has 1 heterocycles. The Morgan fingerprint density at radius 2 is 1.81 bits per heavy atom. The number of hydrogen-bond donors (Lipinski definition) is 2. The van der Waals surface area contributed by atoms with Crippen LogP contribution in [0.2, 0.25) is 0 Å². The molecule has 0 saturated heterocycles. The van der Waals surface area contributed by atoms with Gasteiger partial charge in [0.05, 0.1) is 0 Å². The number of nitrogens with one attached hydrogen (secondary N) is 1. The molecule has 200 valence electrons. The molecule has 1 aromatic carbocycles. The lowest BCUT2D eigenvalue weighted by atomic mass is 9.91. The van der Waals surface area contributed by atoms with Crippen molar-refractivity contribution < 1.29 is 29.0 Å². The number of carboxylic acids is 1. The number of benzene rings is 1. The number of nitrogens with zero attached hydrogens (tertiary/aromatic N) is 2. The Balaban J connectivity index is 2.39. The number of carbonyl (C=O) groups is 4. The quantitative estimate of drug-likeness (QED) is 0.513. The standard InChI is InChI=1S/C26H39N3O6S/c1-16(2)21(28(6)25(34)35-26(3,4)5)23(31)29-15-18-11-9-8-10-17(18)14-20(29)22(30)27-19(24(32)33)12-13-36-7/h8-11,16,19-21H,12-15H2,1-7H3,(H,27,30)(H,32,33)/t19?,20?,21-/m0/s1. The highest BCUT2D eigenvalue weighted by Crippen LogP contribution is 2.27. The molecule has 2 rings (SSSR count). The second-order valence-corrected chi connectivity index (χ2v) is 11.4. The van der Waals surface area contributed by atoms with Crippen LogP contribution in [0.5, 0.6) is 0 Å². The molecule has 2 N–H and O–H groups in total. The van der Waals surface area contributed by atoms with Crippen LogP contribution in [-0.4, -0.2) is 81.6 Å². The number of aliphatic carboxylic acids is 1.